The van der Waals surface area contributed by atoms with Gasteiger partial charge in [-0.15, -0.1) is 5.10 Å². The van der Waals surface area contributed by atoms with Crippen LogP contribution in [0, 0.1) is 0 Å². The molecule has 0 aliphatic heterocycles. The lowest BCUT2D eigenvalue weighted by Crippen LogP contribution is -2.23. The molecule has 0 radical (unpaired) electrons. The smallest absolute Gasteiger partial charge is 0.226 e. The van der Waals surface area contributed by atoms with Gasteiger partial charge in [0.1, 0.15) is 5.52 Å². The second-order valence-corrected chi connectivity index (χ2v) is 5.67. The Balaban J connectivity index is 1.79. The molecule has 0 saturated heterocycles. The Morgan fingerprint density at radius 3 is 2.61 bits per heavy atom. The molecule has 0 aliphatic carbocycles. The Bertz CT molecular complexity index is 836. The quantitative estimate of drug-likeness (QED) is 0.803. The van der Waals surface area contributed by atoms with Gasteiger partial charge in [-0.1, -0.05) is 23.4 Å². The Morgan fingerprint density at radius 1 is 1.17 bits per heavy atom. The number of anilines is 2. The van der Waals surface area contributed by atoms with E-state index in [2.05, 4.69) is 15.6 Å². The lowest BCUT2D eigenvalue weighted by atomic mass is 10.1. The van der Waals surface area contributed by atoms with E-state index >= 15 is 0 Å². The van der Waals surface area contributed by atoms with Crippen LogP contribution in [-0.2, 0) is 18.3 Å². The minimum absolute atomic E-state index is 0.0926. The van der Waals surface area contributed by atoms with E-state index in [4.69, 9.17) is 0 Å². The number of aromatic nitrogens is 3. The largest absolute Gasteiger partial charge is 0.354 e. The van der Waals surface area contributed by atoms with Crippen LogP contribution in [-0.4, -0.2) is 39.9 Å². The second-order valence-electron chi connectivity index (χ2n) is 5.67. The van der Waals surface area contributed by atoms with Crippen molar-refractivity contribution >= 4 is 28.3 Å². The molecule has 6 nitrogen and oxygen atoms in total. The highest BCUT2D eigenvalue weighted by Gasteiger charge is 2.08. The van der Waals surface area contributed by atoms with E-state index in [1.54, 1.807) is 23.7 Å². The maximum absolute atomic E-state index is 11.7. The summed E-state index contributed by atoms with van der Waals surface area (Å²) in [6.45, 7) is 0. The predicted octanol–water partition coefficient (Wildman–Crippen LogP) is 2.34. The van der Waals surface area contributed by atoms with E-state index in [0.717, 1.165) is 28.0 Å². The average molecular weight is 309 g/mol. The first kappa shape index (κ1) is 15.0. The Morgan fingerprint density at radius 2 is 1.91 bits per heavy atom. The zero-order valence-electron chi connectivity index (χ0n) is 13.4. The molecule has 118 valence electrons. The molecule has 23 heavy (non-hydrogen) atoms. The van der Waals surface area contributed by atoms with Gasteiger partial charge in [0.2, 0.25) is 5.91 Å². The van der Waals surface area contributed by atoms with Crippen LogP contribution in [0.15, 0.2) is 42.5 Å². The molecule has 1 N–H and O–H groups in total. The Hall–Kier alpha value is -2.89. The number of rotatable bonds is 4. The van der Waals surface area contributed by atoms with Crippen LogP contribution in [0.3, 0.4) is 0 Å². The van der Waals surface area contributed by atoms with Crippen LogP contribution in [0.25, 0.3) is 11.0 Å². The van der Waals surface area contributed by atoms with Gasteiger partial charge < -0.3 is 10.2 Å². The normalized spacial score (nSPS) is 10.7. The van der Waals surface area contributed by atoms with E-state index in [9.17, 15) is 4.79 Å². The van der Waals surface area contributed by atoms with Gasteiger partial charge in [0.25, 0.3) is 0 Å². The first-order valence-corrected chi connectivity index (χ1v) is 7.39. The van der Waals surface area contributed by atoms with Gasteiger partial charge in [-0.25, -0.2) is 4.68 Å². The fraction of sp³-hybridized carbons (Fsp3) is 0.235. The van der Waals surface area contributed by atoms with Gasteiger partial charge in [-0.05, 0) is 29.8 Å². The van der Waals surface area contributed by atoms with Crippen LogP contribution in [0.4, 0.5) is 11.4 Å². The molecular weight excluding hydrogens is 290 g/mol. The number of carbonyl (C=O) groups excluding carboxylic acids is 1. The molecule has 1 amide bonds. The first-order valence-electron chi connectivity index (χ1n) is 7.39. The number of amides is 1. The molecule has 0 atom stereocenters. The molecule has 2 aromatic carbocycles. The van der Waals surface area contributed by atoms with Crippen molar-refractivity contribution in [1.29, 1.82) is 0 Å². The number of carbonyl (C=O) groups is 1. The monoisotopic (exact) mass is 309 g/mol. The Kier molecular flexibility index (Phi) is 3.97. The maximum atomic E-state index is 11.7. The van der Waals surface area contributed by atoms with E-state index in [0.29, 0.717) is 6.42 Å². The van der Waals surface area contributed by atoms with E-state index in [-0.39, 0.29) is 5.91 Å². The summed E-state index contributed by atoms with van der Waals surface area (Å²) in [6, 6.07) is 13.8. The van der Waals surface area contributed by atoms with Crippen LogP contribution in [0.2, 0.25) is 0 Å². The maximum Gasteiger partial charge on any atom is 0.226 e. The van der Waals surface area contributed by atoms with Crippen LogP contribution in [0.5, 0.6) is 0 Å². The number of hydrogen-bond acceptors (Lipinski definition) is 4. The number of fused-ring (bicyclic) bond motifs is 1. The molecule has 3 rings (SSSR count). The molecule has 1 aromatic heterocycles. The van der Waals surface area contributed by atoms with Crippen LogP contribution in [0.1, 0.15) is 5.56 Å². The summed E-state index contributed by atoms with van der Waals surface area (Å²) in [4.78, 5) is 13.3. The minimum atomic E-state index is 0.0926. The molecule has 3 aromatic rings. The van der Waals surface area contributed by atoms with Crippen molar-refractivity contribution in [2.75, 3.05) is 19.4 Å². The van der Waals surface area contributed by atoms with E-state index in [1.807, 2.05) is 49.5 Å². The zero-order valence-corrected chi connectivity index (χ0v) is 13.4. The molecular formula is C17H19N5O. The summed E-state index contributed by atoms with van der Waals surface area (Å²) in [6.07, 6.45) is 0.410. The molecule has 6 heteroatoms. The third kappa shape index (κ3) is 3.15. The van der Waals surface area contributed by atoms with Crippen molar-refractivity contribution in [3.8, 4) is 0 Å². The van der Waals surface area contributed by atoms with Gasteiger partial charge >= 0.3 is 0 Å². The molecule has 0 spiro atoms. The lowest BCUT2D eigenvalue weighted by Gasteiger charge is -2.11. The summed E-state index contributed by atoms with van der Waals surface area (Å²) >= 11 is 0. The topological polar surface area (TPSA) is 63.1 Å². The summed E-state index contributed by atoms with van der Waals surface area (Å²) in [5, 5.41) is 11.6. The van der Waals surface area contributed by atoms with Gasteiger partial charge in [0.15, 0.2) is 0 Å². The van der Waals surface area contributed by atoms with Crippen molar-refractivity contribution < 1.29 is 4.79 Å². The van der Waals surface area contributed by atoms with E-state index < -0.39 is 0 Å². The van der Waals surface area contributed by atoms with Gasteiger partial charge in [-0.3, -0.25) is 4.79 Å². The highest BCUT2D eigenvalue weighted by atomic mass is 16.2. The number of likely N-dealkylation sites (N-methyl/N-ethyl adjacent to an activating group) is 1. The highest BCUT2D eigenvalue weighted by molar-refractivity contribution is 5.89. The molecule has 0 saturated carbocycles. The van der Waals surface area contributed by atoms with Gasteiger partial charge in [-0.2, -0.15) is 0 Å². The molecule has 0 unspecified atom stereocenters. The summed E-state index contributed by atoms with van der Waals surface area (Å²) in [7, 11) is 5.40. The van der Waals surface area contributed by atoms with Crippen molar-refractivity contribution in [2.45, 2.75) is 6.42 Å². The average Bonchev–Trinajstić information content (AvgIpc) is 2.92. The number of nitrogens with one attached hydrogen (secondary N) is 1. The van der Waals surface area contributed by atoms with Crippen LogP contribution < -0.4 is 5.32 Å². The highest BCUT2D eigenvalue weighted by Crippen LogP contribution is 2.24. The molecule has 0 fully saturated rings. The summed E-state index contributed by atoms with van der Waals surface area (Å²) < 4.78 is 1.75. The van der Waals surface area contributed by atoms with Crippen molar-refractivity contribution in [3.63, 3.8) is 0 Å². The number of nitrogens with zero attached hydrogens (tertiary/aromatic N) is 4. The molecule has 0 aliphatic rings. The predicted molar refractivity (Wildman–Crippen MR) is 90.6 cm³/mol. The fourth-order valence-corrected chi connectivity index (χ4v) is 2.35. The number of aryl methyl sites for hydroxylation is 1. The minimum Gasteiger partial charge on any atom is -0.354 e. The molecule has 1 heterocycles. The third-order valence-electron chi connectivity index (χ3n) is 3.73. The number of benzene rings is 2. The third-order valence-corrected chi connectivity index (χ3v) is 3.73. The summed E-state index contributed by atoms with van der Waals surface area (Å²) in [5.74, 6) is 0.0926. The standard InChI is InChI=1S/C17H19N5O/c1-21(2)16(23)11-12-7-9-13(10-8-12)18-14-5-4-6-15-17(14)19-20-22(15)3/h4-10,18H,11H2,1-3H3. The van der Waals surface area contributed by atoms with Crippen molar-refractivity contribution in [3.05, 3.63) is 48.0 Å². The van der Waals surface area contributed by atoms with Crippen molar-refractivity contribution in [1.82, 2.24) is 19.9 Å². The van der Waals surface area contributed by atoms with Gasteiger partial charge in [0.05, 0.1) is 17.6 Å². The van der Waals surface area contributed by atoms with Crippen LogP contribution >= 0.6 is 0 Å². The first-order chi connectivity index (χ1) is 11.0. The molecule has 0 bridgehead atoms. The fourth-order valence-electron chi connectivity index (χ4n) is 2.35. The van der Waals surface area contributed by atoms with E-state index in [1.165, 1.54) is 0 Å². The SMILES string of the molecule is CN(C)C(=O)Cc1ccc(Nc2cccc3c2nnn3C)cc1. The zero-order chi connectivity index (χ0) is 16.4. The summed E-state index contributed by atoms with van der Waals surface area (Å²) in [5.41, 5.74) is 4.66. The van der Waals surface area contributed by atoms with Gasteiger partial charge in [0, 0.05) is 26.8 Å². The second kappa shape index (κ2) is 6.08. The van der Waals surface area contributed by atoms with Crippen molar-refractivity contribution in [2.24, 2.45) is 7.05 Å². The lowest BCUT2D eigenvalue weighted by molar-refractivity contribution is -0.127. The Labute approximate surface area is 134 Å². The number of hydrogen-bond donors (Lipinski definition) is 1.